The van der Waals surface area contributed by atoms with Crippen LogP contribution in [0.3, 0.4) is 0 Å². The predicted octanol–water partition coefficient (Wildman–Crippen LogP) is 8.25. The smallest absolute Gasteiger partial charge is 0.0594 e. The van der Waals surface area contributed by atoms with Crippen LogP contribution in [0.25, 0.3) is 0 Å². The lowest BCUT2D eigenvalue weighted by Gasteiger charge is -2.63. The van der Waals surface area contributed by atoms with E-state index in [0.717, 1.165) is 36.0 Å². The topological polar surface area (TPSA) is 20.2 Å². The standard InChI is InChI=1S/C30H52O/c1-20(2)9-8-10-21(3)22-13-15-28(7)24-12-11-23-26(4,5)25(31)14-16-29(23)19-30(24,29)18-17-27(22,28)6/h20-25,31H,8-19H2,1-7H3/t21-,22?,23?,24+,25?,27-,28+,29?,30?/m1/s1. The molecule has 5 aliphatic carbocycles. The number of rotatable bonds is 5. The molecule has 0 heterocycles. The van der Waals surface area contributed by atoms with E-state index in [2.05, 4.69) is 48.5 Å². The number of fused-ring (bicyclic) bond motifs is 2. The Morgan fingerprint density at radius 1 is 0.742 bits per heavy atom. The van der Waals surface area contributed by atoms with Crippen LogP contribution in [0.1, 0.15) is 126 Å². The van der Waals surface area contributed by atoms with E-state index in [1.54, 1.807) is 0 Å². The van der Waals surface area contributed by atoms with Gasteiger partial charge in [0.25, 0.3) is 0 Å². The first kappa shape index (κ1) is 22.7. The molecule has 0 aromatic rings. The normalized spacial score (nSPS) is 53.3. The Labute approximate surface area is 193 Å². The molecule has 0 aliphatic heterocycles. The van der Waals surface area contributed by atoms with Gasteiger partial charge >= 0.3 is 0 Å². The minimum atomic E-state index is -0.0793. The van der Waals surface area contributed by atoms with E-state index in [9.17, 15) is 5.11 Å². The summed E-state index contributed by atoms with van der Waals surface area (Å²) in [7, 11) is 0. The summed E-state index contributed by atoms with van der Waals surface area (Å²) in [4.78, 5) is 0. The highest BCUT2D eigenvalue weighted by Crippen LogP contribution is 2.89. The van der Waals surface area contributed by atoms with E-state index >= 15 is 0 Å². The van der Waals surface area contributed by atoms with Crippen LogP contribution in [0.4, 0.5) is 0 Å². The van der Waals surface area contributed by atoms with E-state index in [0.29, 0.717) is 21.7 Å². The summed E-state index contributed by atoms with van der Waals surface area (Å²) in [5.74, 6) is 4.41. The van der Waals surface area contributed by atoms with Crippen molar-refractivity contribution in [2.45, 2.75) is 132 Å². The van der Waals surface area contributed by atoms with E-state index in [4.69, 9.17) is 0 Å². The lowest BCUT2D eigenvalue weighted by molar-refractivity contribution is -0.161. The Morgan fingerprint density at radius 2 is 1.42 bits per heavy atom. The summed E-state index contributed by atoms with van der Waals surface area (Å²) in [6, 6.07) is 0. The Bertz CT molecular complexity index is 709. The molecule has 5 aliphatic rings. The summed E-state index contributed by atoms with van der Waals surface area (Å²) >= 11 is 0. The third-order valence-corrected chi connectivity index (χ3v) is 13.3. The Kier molecular flexibility index (Phi) is 5.13. The van der Waals surface area contributed by atoms with Crippen LogP contribution in [0.5, 0.6) is 0 Å². The Morgan fingerprint density at radius 3 is 2.13 bits per heavy atom. The van der Waals surface area contributed by atoms with E-state index in [1.165, 1.54) is 70.6 Å². The maximum Gasteiger partial charge on any atom is 0.0594 e. The second-order valence-corrected chi connectivity index (χ2v) is 14.8. The molecule has 178 valence electrons. The zero-order valence-corrected chi connectivity index (χ0v) is 21.9. The van der Waals surface area contributed by atoms with Gasteiger partial charge in [0.1, 0.15) is 0 Å². The molecular formula is C30H52O. The van der Waals surface area contributed by atoms with Crippen molar-refractivity contribution in [1.29, 1.82) is 0 Å². The van der Waals surface area contributed by atoms with Crippen LogP contribution in [-0.4, -0.2) is 11.2 Å². The molecule has 5 fully saturated rings. The first-order valence-electron chi connectivity index (χ1n) is 14.1. The van der Waals surface area contributed by atoms with Gasteiger partial charge in [-0.3, -0.25) is 0 Å². The first-order valence-corrected chi connectivity index (χ1v) is 14.1. The summed E-state index contributed by atoms with van der Waals surface area (Å²) in [5, 5.41) is 10.8. The molecule has 9 atom stereocenters. The van der Waals surface area contributed by atoms with Crippen molar-refractivity contribution in [1.82, 2.24) is 0 Å². The van der Waals surface area contributed by atoms with Gasteiger partial charge in [-0.05, 0) is 114 Å². The minimum Gasteiger partial charge on any atom is -0.393 e. The molecule has 31 heavy (non-hydrogen) atoms. The number of aliphatic hydroxyl groups is 1. The van der Waals surface area contributed by atoms with Crippen LogP contribution in [-0.2, 0) is 0 Å². The van der Waals surface area contributed by atoms with Crippen molar-refractivity contribution in [2.75, 3.05) is 0 Å². The van der Waals surface area contributed by atoms with Crippen molar-refractivity contribution in [2.24, 2.45) is 56.7 Å². The fraction of sp³-hybridized carbons (Fsp3) is 1.00. The molecule has 0 aromatic heterocycles. The minimum absolute atomic E-state index is 0.0793. The van der Waals surface area contributed by atoms with Crippen molar-refractivity contribution < 1.29 is 5.11 Å². The summed E-state index contributed by atoms with van der Waals surface area (Å²) in [6.07, 6.45) is 16.9. The SMILES string of the molecule is CC(C)CCC[C@@H](C)C1CC[C@@]2(C)[C@@H]3CCC4C(C)(C)C(O)CCC45CC35CC[C@]12C. The van der Waals surface area contributed by atoms with Crippen LogP contribution in [0, 0.1) is 56.7 Å². The molecule has 0 bridgehead atoms. The fourth-order valence-corrected chi connectivity index (χ4v) is 11.3. The van der Waals surface area contributed by atoms with E-state index in [1.807, 2.05) is 0 Å². The highest BCUT2D eigenvalue weighted by Gasteiger charge is 2.82. The number of hydrogen-bond donors (Lipinski definition) is 1. The van der Waals surface area contributed by atoms with E-state index in [-0.39, 0.29) is 11.5 Å². The molecule has 0 aromatic carbocycles. The van der Waals surface area contributed by atoms with Gasteiger partial charge in [0.05, 0.1) is 6.10 Å². The monoisotopic (exact) mass is 428 g/mol. The number of aliphatic hydroxyl groups excluding tert-OH is 1. The molecular weight excluding hydrogens is 376 g/mol. The second kappa shape index (κ2) is 6.99. The lowest BCUT2D eigenvalue weighted by atomic mass is 9.41. The highest BCUT2D eigenvalue weighted by atomic mass is 16.3. The fourth-order valence-electron chi connectivity index (χ4n) is 11.3. The molecule has 2 spiro atoms. The van der Waals surface area contributed by atoms with Crippen LogP contribution < -0.4 is 0 Å². The van der Waals surface area contributed by atoms with E-state index < -0.39 is 0 Å². The Hall–Kier alpha value is -0.0400. The number of hydrogen-bond acceptors (Lipinski definition) is 1. The highest BCUT2D eigenvalue weighted by molar-refractivity contribution is 5.30. The van der Waals surface area contributed by atoms with Gasteiger partial charge in [0, 0.05) is 0 Å². The second-order valence-electron chi connectivity index (χ2n) is 14.8. The molecule has 0 saturated heterocycles. The maximum atomic E-state index is 10.8. The van der Waals surface area contributed by atoms with Crippen LogP contribution >= 0.6 is 0 Å². The molecule has 1 heteroatoms. The van der Waals surface area contributed by atoms with Gasteiger partial charge in [0.2, 0.25) is 0 Å². The van der Waals surface area contributed by atoms with Gasteiger partial charge < -0.3 is 5.11 Å². The first-order chi connectivity index (χ1) is 14.4. The van der Waals surface area contributed by atoms with Gasteiger partial charge in [0.15, 0.2) is 0 Å². The quantitative estimate of drug-likeness (QED) is 0.467. The third-order valence-electron chi connectivity index (χ3n) is 13.3. The van der Waals surface area contributed by atoms with Gasteiger partial charge in [-0.15, -0.1) is 0 Å². The third kappa shape index (κ3) is 2.77. The zero-order chi connectivity index (χ0) is 22.4. The van der Waals surface area contributed by atoms with Crippen LogP contribution in [0.2, 0.25) is 0 Å². The molecule has 0 radical (unpaired) electrons. The molecule has 0 amide bonds. The van der Waals surface area contributed by atoms with Crippen LogP contribution in [0.15, 0.2) is 0 Å². The molecule has 1 nitrogen and oxygen atoms in total. The Balaban J connectivity index is 1.39. The largest absolute Gasteiger partial charge is 0.393 e. The van der Waals surface area contributed by atoms with Crippen molar-refractivity contribution in [3.8, 4) is 0 Å². The predicted molar refractivity (Wildman–Crippen MR) is 131 cm³/mol. The molecule has 5 saturated carbocycles. The summed E-state index contributed by atoms with van der Waals surface area (Å²) in [6.45, 7) is 17.7. The van der Waals surface area contributed by atoms with Gasteiger partial charge in [-0.1, -0.05) is 67.7 Å². The zero-order valence-electron chi connectivity index (χ0n) is 21.9. The van der Waals surface area contributed by atoms with Crippen molar-refractivity contribution >= 4 is 0 Å². The summed E-state index contributed by atoms with van der Waals surface area (Å²) in [5.41, 5.74) is 2.45. The van der Waals surface area contributed by atoms with Gasteiger partial charge in [-0.2, -0.15) is 0 Å². The molecule has 5 unspecified atom stereocenters. The maximum absolute atomic E-state index is 10.8. The van der Waals surface area contributed by atoms with Gasteiger partial charge in [-0.25, -0.2) is 0 Å². The molecule has 1 N–H and O–H groups in total. The average Bonchev–Trinajstić information content (AvgIpc) is 3.27. The average molecular weight is 429 g/mol. The summed E-state index contributed by atoms with van der Waals surface area (Å²) < 4.78 is 0. The molecule has 5 rings (SSSR count). The van der Waals surface area contributed by atoms with Crippen molar-refractivity contribution in [3.05, 3.63) is 0 Å². The van der Waals surface area contributed by atoms with Crippen molar-refractivity contribution in [3.63, 3.8) is 0 Å². The lowest BCUT2D eigenvalue weighted by Crippen LogP contribution is -2.57.